The molecule has 0 aromatic heterocycles. The molecule has 0 bridgehead atoms. The van der Waals surface area contributed by atoms with E-state index >= 15 is 0 Å². The average Bonchev–Trinajstić information content (AvgIpc) is 3.48. The number of nitrogens with zero attached hydrogens (tertiary/aromatic N) is 2. The van der Waals surface area contributed by atoms with Gasteiger partial charge in [0, 0.05) is 0 Å². The van der Waals surface area contributed by atoms with Crippen molar-refractivity contribution in [3.05, 3.63) is 128 Å². The maximum atomic E-state index is 14.7. The van der Waals surface area contributed by atoms with Crippen molar-refractivity contribution in [1.82, 2.24) is 0 Å². The predicted octanol–water partition coefficient (Wildman–Crippen LogP) is 7.81. The molecule has 51 heavy (non-hydrogen) atoms. The number of alkyl halides is 6. The minimum atomic E-state index is -6.30. The average molecular weight is 738 g/mol. The van der Waals surface area contributed by atoms with Gasteiger partial charge < -0.3 is 0 Å². The lowest BCUT2D eigenvalue weighted by atomic mass is 9.73. The number of hydrogen-bond acceptors (Lipinski definition) is 4. The van der Waals surface area contributed by atoms with Gasteiger partial charge in [-0.3, -0.25) is 19.2 Å². The van der Waals surface area contributed by atoms with E-state index in [-0.39, 0.29) is 34.1 Å². The van der Waals surface area contributed by atoms with Crippen LogP contribution in [0.5, 0.6) is 0 Å². The number of imide groups is 2. The number of fused-ring (bicyclic) bond motifs is 2. The van der Waals surface area contributed by atoms with E-state index in [4.69, 9.17) is 0 Å². The van der Waals surface area contributed by atoms with Crippen LogP contribution in [0.2, 0.25) is 0 Å². The molecule has 2 aliphatic heterocycles. The van der Waals surface area contributed by atoms with E-state index in [9.17, 15) is 80.6 Å². The molecule has 4 aromatic carbocycles. The summed E-state index contributed by atoms with van der Waals surface area (Å²) < 4.78 is 200. The second-order valence-electron chi connectivity index (χ2n) is 10.7. The van der Waals surface area contributed by atoms with Crippen LogP contribution < -0.4 is 9.80 Å². The second kappa shape index (κ2) is 11.1. The third-order valence-corrected chi connectivity index (χ3v) is 8.17. The monoisotopic (exact) mass is 738 g/mol. The zero-order chi connectivity index (χ0) is 37.9. The summed E-state index contributed by atoms with van der Waals surface area (Å²) in [6.45, 7) is 0. The molecule has 2 heterocycles. The molecule has 0 spiro atoms. The van der Waals surface area contributed by atoms with E-state index in [2.05, 4.69) is 0 Å². The highest BCUT2D eigenvalue weighted by atomic mass is 19.4. The summed E-state index contributed by atoms with van der Waals surface area (Å²) in [5, 5.41) is 0. The van der Waals surface area contributed by atoms with Crippen LogP contribution in [0.1, 0.15) is 52.6 Å². The molecule has 0 fully saturated rings. The van der Waals surface area contributed by atoms with Gasteiger partial charge in [0.05, 0.1) is 33.6 Å². The fourth-order valence-corrected chi connectivity index (χ4v) is 5.87. The van der Waals surface area contributed by atoms with E-state index in [1.54, 1.807) is 0 Å². The highest BCUT2D eigenvalue weighted by molar-refractivity contribution is 6.35. The van der Waals surface area contributed by atoms with Crippen molar-refractivity contribution in [1.29, 1.82) is 0 Å². The Morgan fingerprint density at radius 1 is 0.353 bits per heavy atom. The van der Waals surface area contributed by atoms with Gasteiger partial charge >= 0.3 is 12.4 Å². The number of carbonyl (C=O) groups is 4. The van der Waals surface area contributed by atoms with Gasteiger partial charge in [-0.2, -0.15) is 26.3 Å². The summed E-state index contributed by atoms with van der Waals surface area (Å²) in [6, 6.07) is 1.73. The van der Waals surface area contributed by atoms with E-state index < -0.39 is 133 Å². The lowest BCUT2D eigenvalue weighted by Crippen LogP contribution is -2.54. The molecule has 0 unspecified atom stereocenters. The van der Waals surface area contributed by atoms with Crippen molar-refractivity contribution < 1.29 is 80.6 Å². The zero-order valence-corrected chi connectivity index (χ0v) is 23.9. The number of amides is 4. The molecule has 0 aliphatic carbocycles. The Hall–Kier alpha value is -5.82. The highest BCUT2D eigenvalue weighted by Gasteiger charge is 2.72. The first-order chi connectivity index (χ1) is 23.6. The Kier molecular flexibility index (Phi) is 7.62. The number of rotatable bonds is 4. The highest BCUT2D eigenvalue weighted by Crippen LogP contribution is 2.56. The van der Waals surface area contributed by atoms with Gasteiger partial charge in [-0.15, -0.1) is 0 Å². The molecular weight excluding hydrogens is 730 g/mol. The van der Waals surface area contributed by atoms with Crippen molar-refractivity contribution >= 4 is 35.0 Å². The first kappa shape index (κ1) is 35.0. The maximum absolute atomic E-state index is 14.7. The molecule has 6 nitrogen and oxygen atoms in total. The number of benzene rings is 4. The van der Waals surface area contributed by atoms with Gasteiger partial charge in [0.1, 0.15) is 0 Å². The normalized spacial score (nSPS) is 14.9. The molecule has 0 atom stereocenters. The number of halogens is 14. The van der Waals surface area contributed by atoms with Crippen molar-refractivity contribution in [3.63, 3.8) is 0 Å². The molecule has 4 amide bonds. The van der Waals surface area contributed by atoms with Crippen molar-refractivity contribution in [2.45, 2.75) is 17.8 Å². The molecular formula is C31H8F14N2O4. The van der Waals surface area contributed by atoms with Crippen LogP contribution in [0, 0.1) is 46.5 Å². The Morgan fingerprint density at radius 3 is 0.765 bits per heavy atom. The molecule has 20 heteroatoms. The van der Waals surface area contributed by atoms with E-state index in [1.807, 2.05) is 0 Å². The van der Waals surface area contributed by atoms with Crippen LogP contribution in [-0.2, 0) is 5.41 Å². The topological polar surface area (TPSA) is 74.8 Å². The first-order valence-corrected chi connectivity index (χ1v) is 13.4. The van der Waals surface area contributed by atoms with Crippen LogP contribution in [0.15, 0.2) is 48.5 Å². The van der Waals surface area contributed by atoms with Crippen molar-refractivity contribution in [3.8, 4) is 0 Å². The number of anilines is 2. The van der Waals surface area contributed by atoms with E-state index in [0.29, 0.717) is 24.3 Å². The Morgan fingerprint density at radius 2 is 0.569 bits per heavy atom. The standard InChI is InChI=1S/C31H8F14N2O4/c32-17-13-14(18(33)22(37)21(17)36)26(49)46(25(13)48)11-5-1-9(2-6-11)29(30(40,41)42,31(43,44)45)10-3-7-12(8-4-10)47-27(50)15-16(28(47)51)20(35)24(39)23(38)19(15)34/h1-8H. The molecule has 6 rings (SSSR count). The minimum absolute atomic E-state index is 0.112. The molecule has 4 aromatic rings. The largest absolute Gasteiger partial charge is 0.411 e. The number of carbonyl (C=O) groups excluding carboxylic acids is 4. The molecule has 0 saturated carbocycles. The Bertz CT molecular complexity index is 1990. The van der Waals surface area contributed by atoms with E-state index in [0.717, 1.165) is 0 Å². The molecule has 264 valence electrons. The van der Waals surface area contributed by atoms with Gasteiger partial charge in [-0.25, -0.2) is 44.9 Å². The van der Waals surface area contributed by atoms with Gasteiger partial charge in [-0.05, 0) is 35.4 Å². The summed E-state index contributed by atoms with van der Waals surface area (Å²) >= 11 is 0. The van der Waals surface area contributed by atoms with Gasteiger partial charge in [0.15, 0.2) is 46.5 Å². The Balaban J connectivity index is 1.43. The third-order valence-electron chi connectivity index (χ3n) is 8.17. The quantitative estimate of drug-likeness (QED) is 0.0928. The number of hydrogen-bond donors (Lipinski definition) is 0. The molecule has 0 N–H and O–H groups in total. The lowest BCUT2D eigenvalue weighted by Gasteiger charge is -2.38. The second-order valence-corrected chi connectivity index (χ2v) is 10.7. The fraction of sp³-hybridized carbons (Fsp3) is 0.0968. The SMILES string of the molecule is O=C1c2c(F)c(F)c(F)c(F)c2C(=O)N1c1ccc(C(c2ccc(N3C(=O)c4c(F)c(F)c(F)c(F)c4C3=O)cc2)(C(F)(F)F)C(F)(F)F)cc1. The fourth-order valence-electron chi connectivity index (χ4n) is 5.87. The summed E-state index contributed by atoms with van der Waals surface area (Å²) in [7, 11) is 0. The van der Waals surface area contributed by atoms with Gasteiger partial charge in [0.25, 0.3) is 23.6 Å². The van der Waals surface area contributed by atoms with Gasteiger partial charge in [0.2, 0.25) is 5.41 Å². The third kappa shape index (κ3) is 4.50. The Labute approximate surface area is 272 Å². The van der Waals surface area contributed by atoms with Crippen LogP contribution in [-0.4, -0.2) is 36.0 Å². The minimum Gasteiger partial charge on any atom is -0.268 e. The maximum Gasteiger partial charge on any atom is 0.411 e. The van der Waals surface area contributed by atoms with Crippen molar-refractivity contribution in [2.75, 3.05) is 9.80 Å². The zero-order valence-electron chi connectivity index (χ0n) is 23.9. The van der Waals surface area contributed by atoms with E-state index in [1.165, 1.54) is 0 Å². The van der Waals surface area contributed by atoms with Crippen LogP contribution in [0.25, 0.3) is 0 Å². The summed E-state index contributed by atoms with van der Waals surface area (Å²) in [5.41, 5.74) is -16.5. The summed E-state index contributed by atoms with van der Waals surface area (Å²) in [5.74, 6) is -26.5. The smallest absolute Gasteiger partial charge is 0.268 e. The predicted molar refractivity (Wildman–Crippen MR) is 141 cm³/mol. The summed E-state index contributed by atoms with van der Waals surface area (Å²) in [4.78, 5) is 50.5. The molecule has 0 saturated heterocycles. The first-order valence-electron chi connectivity index (χ1n) is 13.4. The molecule has 0 radical (unpaired) electrons. The van der Waals surface area contributed by atoms with Gasteiger partial charge in [-0.1, -0.05) is 24.3 Å². The van der Waals surface area contributed by atoms with Crippen LogP contribution >= 0.6 is 0 Å². The van der Waals surface area contributed by atoms with Crippen molar-refractivity contribution in [2.24, 2.45) is 0 Å². The summed E-state index contributed by atoms with van der Waals surface area (Å²) in [6.07, 6.45) is -12.6. The van der Waals surface area contributed by atoms with Crippen LogP contribution in [0.4, 0.5) is 72.8 Å². The lowest BCUT2D eigenvalue weighted by molar-refractivity contribution is -0.288. The van der Waals surface area contributed by atoms with Crippen LogP contribution in [0.3, 0.4) is 0 Å². The molecule has 2 aliphatic rings.